The lowest BCUT2D eigenvalue weighted by Crippen LogP contribution is -2.41. The van der Waals surface area contributed by atoms with Crippen LogP contribution in [0.2, 0.25) is 0 Å². The normalized spacial score (nSPS) is 13.4. The monoisotopic (exact) mass is 286 g/mol. The first-order chi connectivity index (χ1) is 8.72. The molecule has 19 heavy (non-hydrogen) atoms. The van der Waals surface area contributed by atoms with Gasteiger partial charge in [-0.1, -0.05) is 13.8 Å². The third-order valence-electron chi connectivity index (χ3n) is 2.49. The van der Waals surface area contributed by atoms with Crippen LogP contribution in [-0.4, -0.2) is 25.5 Å². The fraction of sp³-hybridized carbons (Fsp3) is 0.417. The zero-order chi connectivity index (χ0) is 14.6. The maximum atomic E-state index is 12.0. The summed E-state index contributed by atoms with van der Waals surface area (Å²) in [7, 11) is -3.85. The number of carbonyl (C=O) groups is 1. The van der Waals surface area contributed by atoms with Crippen molar-refractivity contribution in [2.24, 2.45) is 5.92 Å². The number of hydrogen-bond donors (Lipinski definition) is 3. The molecule has 0 aromatic heterocycles. The van der Waals surface area contributed by atoms with Crippen molar-refractivity contribution in [1.82, 2.24) is 4.72 Å². The second kappa shape index (κ2) is 6.03. The van der Waals surface area contributed by atoms with Crippen molar-refractivity contribution >= 4 is 21.7 Å². The molecular weight excluding hydrogens is 268 g/mol. The summed E-state index contributed by atoms with van der Waals surface area (Å²) in [5.74, 6) is -1.12. The van der Waals surface area contributed by atoms with Crippen molar-refractivity contribution in [1.29, 1.82) is 0 Å². The van der Waals surface area contributed by atoms with E-state index in [4.69, 9.17) is 10.8 Å². The van der Waals surface area contributed by atoms with Gasteiger partial charge in [-0.15, -0.1) is 0 Å². The molecule has 0 aliphatic rings. The van der Waals surface area contributed by atoms with Gasteiger partial charge >= 0.3 is 5.97 Å². The van der Waals surface area contributed by atoms with E-state index in [9.17, 15) is 13.2 Å². The second-order valence-electron chi connectivity index (χ2n) is 4.71. The lowest BCUT2D eigenvalue weighted by molar-refractivity contribution is -0.139. The van der Waals surface area contributed by atoms with E-state index in [0.29, 0.717) is 5.69 Å². The summed E-state index contributed by atoms with van der Waals surface area (Å²) in [5, 5.41) is 9.03. The Kier molecular flexibility index (Phi) is 4.90. The third-order valence-corrected chi connectivity index (χ3v) is 3.98. The highest BCUT2D eigenvalue weighted by Gasteiger charge is 2.25. The van der Waals surface area contributed by atoms with Crippen LogP contribution in [0.4, 0.5) is 5.69 Å². The minimum Gasteiger partial charge on any atom is -0.480 e. The van der Waals surface area contributed by atoms with Gasteiger partial charge in [0.1, 0.15) is 6.04 Å². The number of benzene rings is 1. The summed E-state index contributed by atoms with van der Waals surface area (Å²) in [4.78, 5) is 11.0. The van der Waals surface area contributed by atoms with Gasteiger partial charge in [0.25, 0.3) is 0 Å². The summed E-state index contributed by atoms with van der Waals surface area (Å²) >= 11 is 0. The highest BCUT2D eigenvalue weighted by Crippen LogP contribution is 2.14. The van der Waals surface area contributed by atoms with Crippen molar-refractivity contribution in [3.05, 3.63) is 24.3 Å². The van der Waals surface area contributed by atoms with Gasteiger partial charge in [-0.25, -0.2) is 8.42 Å². The maximum Gasteiger partial charge on any atom is 0.321 e. The van der Waals surface area contributed by atoms with Crippen LogP contribution < -0.4 is 10.5 Å². The zero-order valence-corrected chi connectivity index (χ0v) is 11.6. The Hall–Kier alpha value is -1.60. The number of carboxylic acids is 1. The molecule has 0 spiro atoms. The summed E-state index contributed by atoms with van der Waals surface area (Å²) in [6.45, 7) is 3.65. The van der Waals surface area contributed by atoms with Crippen LogP contribution in [0, 0.1) is 5.92 Å². The Bertz CT molecular complexity index is 537. The smallest absolute Gasteiger partial charge is 0.321 e. The molecule has 1 rings (SSSR count). The summed E-state index contributed by atoms with van der Waals surface area (Å²) in [5.41, 5.74) is 5.92. The van der Waals surface area contributed by atoms with Gasteiger partial charge in [-0.05, 0) is 36.6 Å². The Morgan fingerprint density at radius 2 is 1.84 bits per heavy atom. The first-order valence-corrected chi connectivity index (χ1v) is 7.31. The molecule has 6 nitrogen and oxygen atoms in total. The molecule has 0 unspecified atom stereocenters. The number of nitrogens with two attached hydrogens (primary N) is 1. The third kappa shape index (κ3) is 4.53. The van der Waals surface area contributed by atoms with Crippen LogP contribution in [0.1, 0.15) is 20.3 Å². The molecule has 1 aromatic rings. The Morgan fingerprint density at radius 3 is 2.26 bits per heavy atom. The topological polar surface area (TPSA) is 109 Å². The molecule has 106 valence electrons. The number of sulfonamides is 1. The number of rotatable bonds is 6. The van der Waals surface area contributed by atoms with Crippen LogP contribution in [0.3, 0.4) is 0 Å². The molecule has 1 atom stereocenters. The van der Waals surface area contributed by atoms with Crippen LogP contribution in [-0.2, 0) is 14.8 Å². The highest BCUT2D eigenvalue weighted by atomic mass is 32.2. The van der Waals surface area contributed by atoms with Gasteiger partial charge in [0, 0.05) is 5.69 Å². The summed E-state index contributed by atoms with van der Waals surface area (Å²) in [6.07, 6.45) is 0.226. The SMILES string of the molecule is CC(C)C[C@@H](NS(=O)(=O)c1ccc(N)cc1)C(=O)O. The van der Waals surface area contributed by atoms with Crippen LogP contribution in [0.5, 0.6) is 0 Å². The van der Waals surface area contributed by atoms with Crippen LogP contribution in [0.25, 0.3) is 0 Å². The van der Waals surface area contributed by atoms with Gasteiger partial charge in [0.05, 0.1) is 4.90 Å². The van der Waals surface area contributed by atoms with E-state index >= 15 is 0 Å². The number of nitrogen functional groups attached to an aromatic ring is 1. The van der Waals surface area contributed by atoms with Crippen molar-refractivity contribution < 1.29 is 18.3 Å². The molecule has 0 bridgehead atoms. The standard InChI is InChI=1S/C12H18N2O4S/c1-8(2)7-11(12(15)16)14-19(17,18)10-5-3-9(13)4-6-10/h3-6,8,11,14H,7,13H2,1-2H3,(H,15,16)/t11-/m1/s1. The Labute approximate surface area is 112 Å². The number of anilines is 1. The van der Waals surface area contributed by atoms with Crippen molar-refractivity contribution in [2.75, 3.05) is 5.73 Å². The average molecular weight is 286 g/mol. The lowest BCUT2D eigenvalue weighted by atomic mass is 10.1. The molecule has 0 aliphatic carbocycles. The molecule has 0 amide bonds. The van der Waals surface area contributed by atoms with Gasteiger partial charge in [0.15, 0.2) is 0 Å². The Balaban J connectivity index is 2.94. The fourth-order valence-corrected chi connectivity index (χ4v) is 2.78. The highest BCUT2D eigenvalue weighted by molar-refractivity contribution is 7.89. The van der Waals surface area contributed by atoms with E-state index < -0.39 is 22.0 Å². The average Bonchev–Trinajstić information content (AvgIpc) is 2.27. The molecule has 1 aromatic carbocycles. The van der Waals surface area contributed by atoms with Crippen molar-refractivity contribution in [2.45, 2.75) is 31.2 Å². The molecule has 7 heteroatoms. The lowest BCUT2D eigenvalue weighted by Gasteiger charge is -2.16. The molecule has 0 fully saturated rings. The number of nitrogens with one attached hydrogen (secondary N) is 1. The van der Waals surface area contributed by atoms with E-state index in [-0.39, 0.29) is 17.2 Å². The van der Waals surface area contributed by atoms with Crippen molar-refractivity contribution in [3.8, 4) is 0 Å². The van der Waals surface area contributed by atoms with E-state index in [1.165, 1.54) is 24.3 Å². The van der Waals surface area contributed by atoms with E-state index in [1.54, 1.807) is 0 Å². The first kappa shape index (κ1) is 15.5. The summed E-state index contributed by atoms with van der Waals surface area (Å²) < 4.78 is 26.2. The number of carboxylic acid groups (broad SMARTS) is 1. The van der Waals surface area contributed by atoms with Crippen molar-refractivity contribution in [3.63, 3.8) is 0 Å². The molecule has 0 radical (unpaired) electrons. The number of aliphatic carboxylic acids is 1. The minimum atomic E-state index is -3.85. The van der Waals surface area contributed by atoms with Crippen LogP contribution in [0.15, 0.2) is 29.2 Å². The largest absolute Gasteiger partial charge is 0.480 e. The second-order valence-corrected chi connectivity index (χ2v) is 6.42. The number of hydrogen-bond acceptors (Lipinski definition) is 4. The summed E-state index contributed by atoms with van der Waals surface area (Å²) in [6, 6.07) is 4.44. The molecule has 0 aliphatic heterocycles. The predicted octanol–water partition coefficient (Wildman–Crippen LogP) is 1.05. The van der Waals surface area contributed by atoms with Crippen LogP contribution >= 0.6 is 0 Å². The zero-order valence-electron chi connectivity index (χ0n) is 10.8. The molecule has 0 heterocycles. The van der Waals surface area contributed by atoms with Gasteiger partial charge < -0.3 is 10.8 Å². The maximum absolute atomic E-state index is 12.0. The van der Waals surface area contributed by atoms with E-state index in [2.05, 4.69) is 4.72 Å². The molecular formula is C12H18N2O4S. The molecule has 0 saturated heterocycles. The van der Waals surface area contributed by atoms with Gasteiger partial charge in [-0.2, -0.15) is 4.72 Å². The minimum absolute atomic E-state index is 0.00305. The van der Waals surface area contributed by atoms with Gasteiger partial charge in [-0.3, -0.25) is 4.79 Å². The van der Waals surface area contributed by atoms with Gasteiger partial charge in [0.2, 0.25) is 10.0 Å². The quantitative estimate of drug-likeness (QED) is 0.677. The predicted molar refractivity (Wildman–Crippen MR) is 72.1 cm³/mol. The molecule has 4 N–H and O–H groups in total. The fourth-order valence-electron chi connectivity index (χ4n) is 1.57. The van der Waals surface area contributed by atoms with E-state index in [1.807, 2.05) is 13.8 Å². The molecule has 0 saturated carbocycles. The first-order valence-electron chi connectivity index (χ1n) is 5.83. The Morgan fingerprint density at radius 1 is 1.32 bits per heavy atom. The van der Waals surface area contributed by atoms with E-state index in [0.717, 1.165) is 0 Å².